The van der Waals surface area contributed by atoms with Gasteiger partial charge < -0.3 is 15.8 Å². The molecule has 0 radical (unpaired) electrons. The zero-order chi connectivity index (χ0) is 22.5. The van der Waals surface area contributed by atoms with Crippen LogP contribution in [0.2, 0.25) is 0 Å². The molecule has 0 saturated carbocycles. The summed E-state index contributed by atoms with van der Waals surface area (Å²) in [4.78, 5) is 33.0. The van der Waals surface area contributed by atoms with Gasteiger partial charge in [0.2, 0.25) is 5.91 Å². The SMILES string of the molecule is NC(=O)c1cncc(OCc2cc(NC(=O)c3ccc(-c4cccs4)nc3)ccc2F)c1. The molecule has 3 heterocycles. The highest BCUT2D eigenvalue weighted by Crippen LogP contribution is 2.23. The monoisotopic (exact) mass is 448 g/mol. The molecule has 0 aliphatic rings. The molecule has 4 rings (SSSR count). The normalized spacial score (nSPS) is 10.5. The van der Waals surface area contributed by atoms with E-state index in [1.807, 2.05) is 17.5 Å². The lowest BCUT2D eigenvalue weighted by Gasteiger charge is -2.10. The van der Waals surface area contributed by atoms with Crippen molar-refractivity contribution in [2.45, 2.75) is 6.61 Å². The minimum Gasteiger partial charge on any atom is -0.487 e. The van der Waals surface area contributed by atoms with Crippen LogP contribution < -0.4 is 15.8 Å². The van der Waals surface area contributed by atoms with Crippen molar-refractivity contribution in [1.82, 2.24) is 9.97 Å². The van der Waals surface area contributed by atoms with E-state index < -0.39 is 11.7 Å². The lowest BCUT2D eigenvalue weighted by atomic mass is 10.1. The van der Waals surface area contributed by atoms with E-state index in [2.05, 4.69) is 15.3 Å². The predicted octanol–water partition coefficient (Wildman–Crippen LogP) is 4.27. The minimum absolute atomic E-state index is 0.128. The van der Waals surface area contributed by atoms with Gasteiger partial charge in [-0.05, 0) is 47.8 Å². The third kappa shape index (κ3) is 4.96. The fourth-order valence-corrected chi connectivity index (χ4v) is 3.56. The summed E-state index contributed by atoms with van der Waals surface area (Å²) >= 11 is 1.56. The Morgan fingerprint density at radius 2 is 1.94 bits per heavy atom. The molecule has 7 nitrogen and oxygen atoms in total. The van der Waals surface area contributed by atoms with E-state index in [0.717, 1.165) is 10.6 Å². The molecular formula is C23H17FN4O3S. The summed E-state index contributed by atoms with van der Waals surface area (Å²) < 4.78 is 19.8. The maximum absolute atomic E-state index is 14.2. The van der Waals surface area contributed by atoms with Crippen molar-refractivity contribution in [3.63, 3.8) is 0 Å². The largest absolute Gasteiger partial charge is 0.487 e. The fraction of sp³-hybridized carbons (Fsp3) is 0.0435. The molecule has 3 aromatic heterocycles. The van der Waals surface area contributed by atoms with Crippen LogP contribution in [0, 0.1) is 5.82 Å². The first kappa shape index (κ1) is 21.1. The quantitative estimate of drug-likeness (QED) is 0.439. The third-order valence-corrected chi connectivity index (χ3v) is 5.39. The summed E-state index contributed by atoms with van der Waals surface area (Å²) in [6.07, 6.45) is 4.20. The van der Waals surface area contributed by atoms with Gasteiger partial charge in [0.25, 0.3) is 5.91 Å². The number of thiophene rings is 1. The maximum Gasteiger partial charge on any atom is 0.257 e. The molecule has 0 saturated heterocycles. The highest BCUT2D eigenvalue weighted by Gasteiger charge is 2.11. The van der Waals surface area contributed by atoms with Crippen molar-refractivity contribution in [3.8, 4) is 16.3 Å². The topological polar surface area (TPSA) is 107 Å². The first-order valence-corrected chi connectivity index (χ1v) is 10.3. The average molecular weight is 448 g/mol. The van der Waals surface area contributed by atoms with Gasteiger partial charge in [-0.2, -0.15) is 0 Å². The summed E-state index contributed by atoms with van der Waals surface area (Å²) in [7, 11) is 0. The second-order valence-electron chi connectivity index (χ2n) is 6.73. The Morgan fingerprint density at radius 1 is 1.06 bits per heavy atom. The lowest BCUT2D eigenvalue weighted by Crippen LogP contribution is -2.13. The van der Waals surface area contributed by atoms with Gasteiger partial charge in [0.05, 0.1) is 27.9 Å². The molecule has 32 heavy (non-hydrogen) atoms. The molecule has 160 valence electrons. The predicted molar refractivity (Wildman–Crippen MR) is 119 cm³/mol. The number of ether oxygens (including phenoxy) is 1. The average Bonchev–Trinajstić information content (AvgIpc) is 3.35. The van der Waals surface area contributed by atoms with Gasteiger partial charge in [0.15, 0.2) is 0 Å². The van der Waals surface area contributed by atoms with Crippen molar-refractivity contribution in [1.29, 1.82) is 0 Å². The highest BCUT2D eigenvalue weighted by atomic mass is 32.1. The number of primary amides is 1. The number of hydrogen-bond donors (Lipinski definition) is 2. The number of halogens is 1. The van der Waals surface area contributed by atoms with Gasteiger partial charge in [-0.25, -0.2) is 4.39 Å². The van der Waals surface area contributed by atoms with Crippen molar-refractivity contribution < 1.29 is 18.7 Å². The van der Waals surface area contributed by atoms with Crippen LogP contribution in [0.5, 0.6) is 5.75 Å². The van der Waals surface area contributed by atoms with Gasteiger partial charge in [-0.3, -0.25) is 19.6 Å². The Kier molecular flexibility index (Phi) is 6.18. The highest BCUT2D eigenvalue weighted by molar-refractivity contribution is 7.13. The van der Waals surface area contributed by atoms with Crippen LogP contribution in [0.3, 0.4) is 0 Å². The fourth-order valence-electron chi connectivity index (χ4n) is 2.86. The first-order chi connectivity index (χ1) is 15.5. The smallest absolute Gasteiger partial charge is 0.257 e. The number of carbonyl (C=O) groups excluding carboxylic acids is 2. The van der Waals surface area contributed by atoms with Gasteiger partial charge >= 0.3 is 0 Å². The summed E-state index contributed by atoms with van der Waals surface area (Å²) in [5.74, 6) is -1.24. The number of hydrogen-bond acceptors (Lipinski definition) is 6. The van der Waals surface area contributed by atoms with E-state index in [4.69, 9.17) is 10.5 Å². The molecule has 0 spiro atoms. The maximum atomic E-state index is 14.2. The van der Waals surface area contributed by atoms with E-state index in [1.165, 1.54) is 42.9 Å². The molecule has 9 heteroatoms. The van der Waals surface area contributed by atoms with Crippen LogP contribution in [-0.4, -0.2) is 21.8 Å². The molecule has 1 aromatic carbocycles. The number of aromatic nitrogens is 2. The van der Waals surface area contributed by atoms with E-state index in [0.29, 0.717) is 11.3 Å². The zero-order valence-electron chi connectivity index (χ0n) is 16.6. The molecule has 0 aliphatic heterocycles. The Balaban J connectivity index is 1.43. The van der Waals surface area contributed by atoms with E-state index in [9.17, 15) is 14.0 Å². The van der Waals surface area contributed by atoms with Gasteiger partial charge in [-0.15, -0.1) is 11.3 Å². The summed E-state index contributed by atoms with van der Waals surface area (Å²) in [5.41, 5.74) is 7.19. The molecule has 4 aromatic rings. The summed E-state index contributed by atoms with van der Waals surface area (Å²) in [6.45, 7) is -0.128. The number of benzene rings is 1. The first-order valence-electron chi connectivity index (χ1n) is 9.47. The van der Waals surface area contributed by atoms with Crippen LogP contribution >= 0.6 is 11.3 Å². The number of carbonyl (C=O) groups is 2. The molecule has 0 aliphatic carbocycles. The standard InChI is InChI=1S/C23H17FN4O3S/c24-19-5-4-17(8-16(19)13-31-18-9-15(22(25)29)10-26-12-18)28-23(30)14-3-6-20(27-11-14)21-2-1-7-32-21/h1-12H,13H2,(H2,25,29)(H,28,30). The van der Waals surface area contributed by atoms with Crippen LogP contribution in [0.25, 0.3) is 10.6 Å². The molecule has 0 atom stereocenters. The number of anilines is 1. The van der Waals surface area contributed by atoms with E-state index >= 15 is 0 Å². The van der Waals surface area contributed by atoms with Crippen molar-refractivity contribution in [2.24, 2.45) is 5.73 Å². The molecule has 0 fully saturated rings. The van der Waals surface area contributed by atoms with Gasteiger partial charge in [-0.1, -0.05) is 6.07 Å². The molecule has 0 unspecified atom stereocenters. The lowest BCUT2D eigenvalue weighted by molar-refractivity contribution is 0.0996. The Labute approximate surface area is 186 Å². The number of rotatable bonds is 7. The molecule has 2 amide bonds. The number of pyridine rings is 2. The van der Waals surface area contributed by atoms with E-state index in [-0.39, 0.29) is 29.4 Å². The second kappa shape index (κ2) is 9.36. The van der Waals surface area contributed by atoms with Crippen molar-refractivity contribution >= 4 is 28.8 Å². The Bertz CT molecular complexity index is 1260. The summed E-state index contributed by atoms with van der Waals surface area (Å²) in [6, 6.07) is 12.9. The number of nitrogens with two attached hydrogens (primary N) is 1. The molecule has 3 N–H and O–H groups in total. The molecular weight excluding hydrogens is 431 g/mol. The van der Waals surface area contributed by atoms with Crippen molar-refractivity contribution in [2.75, 3.05) is 5.32 Å². The second-order valence-corrected chi connectivity index (χ2v) is 7.68. The number of nitrogens with zero attached hydrogens (tertiary/aromatic N) is 2. The Morgan fingerprint density at radius 3 is 2.66 bits per heavy atom. The molecule has 0 bridgehead atoms. The van der Waals surface area contributed by atoms with Gasteiger partial charge in [0.1, 0.15) is 18.2 Å². The number of nitrogens with one attached hydrogen (secondary N) is 1. The number of amides is 2. The van der Waals surface area contributed by atoms with Crippen LogP contribution in [-0.2, 0) is 6.61 Å². The van der Waals surface area contributed by atoms with Crippen molar-refractivity contribution in [3.05, 3.63) is 95.0 Å². The van der Waals surface area contributed by atoms with Crippen LogP contribution in [0.1, 0.15) is 26.3 Å². The minimum atomic E-state index is -0.642. The summed E-state index contributed by atoms with van der Waals surface area (Å²) in [5, 5.41) is 4.69. The Hall–Kier alpha value is -4.11. The van der Waals surface area contributed by atoms with E-state index in [1.54, 1.807) is 23.5 Å². The van der Waals surface area contributed by atoms with Crippen LogP contribution in [0.15, 0.2) is 72.5 Å². The van der Waals surface area contributed by atoms with Gasteiger partial charge in [0, 0.05) is 23.6 Å². The third-order valence-electron chi connectivity index (χ3n) is 4.49. The zero-order valence-corrected chi connectivity index (χ0v) is 17.4. The van der Waals surface area contributed by atoms with Crippen LogP contribution in [0.4, 0.5) is 10.1 Å².